The predicted octanol–water partition coefficient (Wildman–Crippen LogP) is 0.481. The highest BCUT2D eigenvalue weighted by Crippen LogP contribution is 2.24. The van der Waals surface area contributed by atoms with E-state index in [0.717, 1.165) is 10.2 Å². The Morgan fingerprint density at radius 3 is 2.67 bits per heavy atom. The van der Waals surface area contributed by atoms with Gasteiger partial charge in [-0.15, -0.1) is 0 Å². The van der Waals surface area contributed by atoms with Gasteiger partial charge in [0.2, 0.25) is 16.0 Å². The third-order valence-electron chi connectivity index (χ3n) is 3.74. The smallest absolute Gasteiger partial charge is 0.237 e. The number of hydrogen-bond acceptors (Lipinski definition) is 9. The molecule has 2 aromatic carbocycles. The molecule has 4 rings (SSSR count). The molecular formula is C17H13N7O2S. The first-order chi connectivity index (χ1) is 13.1. The normalized spacial score (nSPS) is 12.6. The highest BCUT2D eigenvalue weighted by atomic mass is 32.1. The average molecular weight is 379 g/mol. The predicted molar refractivity (Wildman–Crippen MR) is 103 cm³/mol. The van der Waals surface area contributed by atoms with Gasteiger partial charge in [-0.1, -0.05) is 23.5 Å². The molecule has 2 N–H and O–H groups in total. The second-order valence-electron chi connectivity index (χ2n) is 5.53. The van der Waals surface area contributed by atoms with E-state index in [1.165, 1.54) is 28.2 Å². The molecule has 0 amide bonds. The van der Waals surface area contributed by atoms with E-state index >= 15 is 0 Å². The number of fused-ring (bicyclic) bond motifs is 1. The summed E-state index contributed by atoms with van der Waals surface area (Å²) in [5, 5.41) is 12.3. The van der Waals surface area contributed by atoms with Crippen LogP contribution in [-0.4, -0.2) is 14.8 Å². The van der Waals surface area contributed by atoms with Crippen molar-refractivity contribution in [2.45, 2.75) is 0 Å². The lowest BCUT2D eigenvalue weighted by atomic mass is 10.3. The minimum atomic E-state index is -0.578. The molecule has 9 nitrogen and oxygen atoms in total. The van der Waals surface area contributed by atoms with Crippen LogP contribution in [0.25, 0.3) is 10.2 Å². The molecule has 0 fully saturated rings. The first-order valence-electron chi connectivity index (χ1n) is 7.90. The zero-order valence-corrected chi connectivity index (χ0v) is 14.9. The second kappa shape index (κ2) is 6.92. The van der Waals surface area contributed by atoms with Gasteiger partial charge >= 0.3 is 0 Å². The van der Waals surface area contributed by atoms with Gasteiger partial charge in [-0.3, -0.25) is 25.1 Å². The SMILES string of the molecule is Cn1nccc1NN=c1c(=O)ccc(=NNc2nc3ccccc3s2)c1=O. The molecule has 0 aliphatic carbocycles. The number of anilines is 2. The van der Waals surface area contributed by atoms with Gasteiger partial charge in [0.05, 0.1) is 16.4 Å². The van der Waals surface area contributed by atoms with Crippen molar-refractivity contribution in [3.8, 4) is 0 Å². The summed E-state index contributed by atoms with van der Waals surface area (Å²) >= 11 is 1.41. The number of nitrogens with one attached hydrogen (secondary N) is 2. The largest absolute Gasteiger partial charge is 0.287 e. The minimum absolute atomic E-state index is 0.0689. The van der Waals surface area contributed by atoms with Crippen LogP contribution in [0.15, 0.2) is 68.5 Å². The summed E-state index contributed by atoms with van der Waals surface area (Å²) in [6.07, 6.45) is 1.57. The molecule has 0 unspecified atom stereocenters. The zero-order valence-electron chi connectivity index (χ0n) is 14.1. The van der Waals surface area contributed by atoms with Crippen molar-refractivity contribution in [1.29, 1.82) is 0 Å². The third kappa shape index (κ3) is 3.37. The number of aromatic nitrogens is 3. The lowest BCUT2D eigenvalue weighted by Crippen LogP contribution is -2.48. The molecule has 0 aliphatic heterocycles. The standard InChI is InChI=1S/C17H13N7O2S/c1-24-14(8-9-18-24)21-22-15-12(25)7-6-11(16(15)26)20-23-17-19-10-4-2-3-5-13(10)27-17/h2-9,21H,1H3,(H,19,23). The maximum atomic E-state index is 12.5. The molecule has 0 atom stereocenters. The van der Waals surface area contributed by atoms with Crippen LogP contribution < -0.4 is 32.4 Å². The Morgan fingerprint density at radius 2 is 1.89 bits per heavy atom. The van der Waals surface area contributed by atoms with E-state index in [4.69, 9.17) is 0 Å². The van der Waals surface area contributed by atoms with Gasteiger partial charge < -0.3 is 0 Å². The number of benzene rings is 2. The molecule has 0 aliphatic rings. The van der Waals surface area contributed by atoms with Crippen molar-refractivity contribution in [3.63, 3.8) is 0 Å². The highest BCUT2D eigenvalue weighted by Gasteiger charge is 2.04. The van der Waals surface area contributed by atoms with Crippen LogP contribution >= 0.6 is 11.3 Å². The summed E-state index contributed by atoms with van der Waals surface area (Å²) in [5.74, 6) is 0.545. The first kappa shape index (κ1) is 16.8. The summed E-state index contributed by atoms with van der Waals surface area (Å²) in [6.45, 7) is 0. The molecule has 0 bridgehead atoms. The Kier molecular flexibility index (Phi) is 4.30. The van der Waals surface area contributed by atoms with E-state index in [0.29, 0.717) is 10.9 Å². The molecule has 0 saturated carbocycles. The van der Waals surface area contributed by atoms with Crippen molar-refractivity contribution in [3.05, 3.63) is 79.8 Å². The fourth-order valence-corrected chi connectivity index (χ4v) is 3.17. The Bertz CT molecular complexity index is 1310. The number of nitrogens with zero attached hydrogens (tertiary/aromatic N) is 5. The quantitative estimate of drug-likeness (QED) is 0.499. The molecule has 134 valence electrons. The van der Waals surface area contributed by atoms with E-state index in [1.807, 2.05) is 24.3 Å². The molecule has 0 radical (unpaired) electrons. The van der Waals surface area contributed by atoms with Crippen molar-refractivity contribution in [2.75, 3.05) is 10.9 Å². The lowest BCUT2D eigenvalue weighted by Gasteiger charge is -1.98. The molecule has 2 aromatic heterocycles. The molecule has 2 heterocycles. The van der Waals surface area contributed by atoms with Gasteiger partial charge in [-0.25, -0.2) is 4.98 Å². The third-order valence-corrected chi connectivity index (χ3v) is 4.68. The Hall–Kier alpha value is -3.66. The first-order valence-corrected chi connectivity index (χ1v) is 8.71. The van der Waals surface area contributed by atoms with E-state index < -0.39 is 10.9 Å². The lowest BCUT2D eigenvalue weighted by molar-refractivity contribution is 0.770. The maximum Gasteiger partial charge on any atom is 0.237 e. The van der Waals surface area contributed by atoms with Gasteiger partial charge in [-0.05, 0) is 24.3 Å². The van der Waals surface area contributed by atoms with E-state index in [2.05, 4.69) is 31.1 Å². The number of hydrogen-bond donors (Lipinski definition) is 2. The van der Waals surface area contributed by atoms with Crippen LogP contribution in [0, 0.1) is 0 Å². The summed E-state index contributed by atoms with van der Waals surface area (Å²) in [4.78, 5) is 28.9. The average Bonchev–Trinajstić information content (AvgIpc) is 3.26. The van der Waals surface area contributed by atoms with Gasteiger partial charge in [0.15, 0.2) is 5.36 Å². The summed E-state index contributed by atoms with van der Waals surface area (Å²) in [5.41, 5.74) is 5.20. The van der Waals surface area contributed by atoms with E-state index in [-0.39, 0.29) is 10.7 Å². The van der Waals surface area contributed by atoms with Crippen molar-refractivity contribution in [2.24, 2.45) is 17.3 Å². The number of rotatable bonds is 4. The Labute approximate surface area is 155 Å². The van der Waals surface area contributed by atoms with Crippen LogP contribution in [0.2, 0.25) is 0 Å². The van der Waals surface area contributed by atoms with Crippen LogP contribution in [-0.2, 0) is 7.05 Å². The van der Waals surface area contributed by atoms with E-state index in [9.17, 15) is 9.59 Å². The van der Waals surface area contributed by atoms with Crippen molar-refractivity contribution < 1.29 is 0 Å². The zero-order chi connectivity index (χ0) is 18.8. The summed E-state index contributed by atoms with van der Waals surface area (Å²) in [6, 6.07) is 11.9. The number of thiazole rings is 1. The van der Waals surface area contributed by atoms with Crippen LogP contribution in [0.1, 0.15) is 0 Å². The van der Waals surface area contributed by atoms with Gasteiger partial charge in [0, 0.05) is 13.1 Å². The Morgan fingerprint density at radius 1 is 1.04 bits per heavy atom. The molecule has 0 spiro atoms. The molecule has 10 heteroatoms. The van der Waals surface area contributed by atoms with E-state index in [1.54, 1.807) is 19.3 Å². The summed E-state index contributed by atoms with van der Waals surface area (Å²) < 4.78 is 2.53. The number of para-hydroxylation sites is 1. The van der Waals surface area contributed by atoms with Crippen LogP contribution in [0.3, 0.4) is 0 Å². The van der Waals surface area contributed by atoms with Crippen molar-refractivity contribution >= 4 is 32.5 Å². The topological polar surface area (TPSA) is 114 Å². The fourth-order valence-electron chi connectivity index (χ4n) is 2.36. The molecular weight excluding hydrogens is 366 g/mol. The number of aryl methyl sites for hydroxylation is 1. The van der Waals surface area contributed by atoms with Gasteiger partial charge in [0.25, 0.3) is 0 Å². The minimum Gasteiger partial charge on any atom is -0.287 e. The molecule has 4 aromatic rings. The van der Waals surface area contributed by atoms with Gasteiger partial charge in [0.1, 0.15) is 11.2 Å². The molecule has 0 saturated heterocycles. The molecule has 27 heavy (non-hydrogen) atoms. The van der Waals surface area contributed by atoms with Crippen LogP contribution in [0.4, 0.5) is 10.9 Å². The van der Waals surface area contributed by atoms with Crippen LogP contribution in [0.5, 0.6) is 0 Å². The highest BCUT2D eigenvalue weighted by molar-refractivity contribution is 7.22. The fraction of sp³-hybridized carbons (Fsp3) is 0.0588. The monoisotopic (exact) mass is 379 g/mol. The van der Waals surface area contributed by atoms with Gasteiger partial charge in [-0.2, -0.15) is 15.3 Å². The van der Waals surface area contributed by atoms with Crippen molar-refractivity contribution in [1.82, 2.24) is 14.8 Å². The second-order valence-corrected chi connectivity index (χ2v) is 6.57. The maximum absolute atomic E-state index is 12.5. The summed E-state index contributed by atoms with van der Waals surface area (Å²) in [7, 11) is 1.71. The Balaban J connectivity index is 1.69.